The third-order valence-electron chi connectivity index (χ3n) is 2.85. The van der Waals surface area contributed by atoms with Crippen molar-refractivity contribution >= 4 is 58.2 Å². The van der Waals surface area contributed by atoms with Crippen molar-refractivity contribution in [2.45, 2.75) is 17.8 Å². The summed E-state index contributed by atoms with van der Waals surface area (Å²) in [6.45, 7) is 0. The third-order valence-corrected chi connectivity index (χ3v) is 4.72. The van der Waals surface area contributed by atoms with Gasteiger partial charge in [0.25, 0.3) is 0 Å². The van der Waals surface area contributed by atoms with Gasteiger partial charge in [0.1, 0.15) is 5.25 Å². The quantitative estimate of drug-likeness (QED) is 0.584. The number of nitrogens with zero attached hydrogens (tertiary/aromatic N) is 2. The molecule has 1 aromatic rings. The van der Waals surface area contributed by atoms with Gasteiger partial charge in [-0.3, -0.25) is 9.59 Å². The minimum atomic E-state index is -4.68. The van der Waals surface area contributed by atoms with E-state index in [0.717, 1.165) is 24.0 Å². The summed E-state index contributed by atoms with van der Waals surface area (Å²) < 4.78 is 38.6. The molecule has 1 amide bonds. The summed E-state index contributed by atoms with van der Waals surface area (Å²) >= 11 is 12.1. The second-order valence-electron chi connectivity index (χ2n) is 4.71. The molecule has 0 bridgehead atoms. The van der Waals surface area contributed by atoms with Gasteiger partial charge < -0.3 is 10.4 Å². The number of hydrogen-bond acceptors (Lipinski definition) is 5. The van der Waals surface area contributed by atoms with Gasteiger partial charge in [0.05, 0.1) is 28.2 Å². The molecule has 2 N–H and O–H groups in total. The van der Waals surface area contributed by atoms with Crippen LogP contribution in [-0.4, -0.2) is 33.6 Å². The first-order valence-corrected chi connectivity index (χ1v) is 8.08. The number of thioether (sulfide) groups is 1. The number of carbonyl (C=O) groups excluding carboxylic acids is 1. The number of halogens is 5. The highest BCUT2D eigenvalue weighted by Gasteiger charge is 2.34. The normalized spacial score (nSPS) is 19.6. The molecule has 12 heteroatoms. The van der Waals surface area contributed by atoms with E-state index in [9.17, 15) is 22.8 Å². The predicted octanol–water partition coefficient (Wildman–Crippen LogP) is 3.41. The Morgan fingerprint density at radius 3 is 2.68 bits per heavy atom. The van der Waals surface area contributed by atoms with Crippen molar-refractivity contribution in [3.63, 3.8) is 0 Å². The second-order valence-corrected chi connectivity index (χ2v) is 6.68. The molecule has 1 fully saturated rings. The topological polar surface area (TPSA) is 91.1 Å². The lowest BCUT2D eigenvalue weighted by Crippen LogP contribution is -2.26. The van der Waals surface area contributed by atoms with Gasteiger partial charge in [0.15, 0.2) is 5.17 Å². The van der Waals surface area contributed by atoms with Crippen molar-refractivity contribution in [2.75, 3.05) is 0 Å². The highest BCUT2D eigenvalue weighted by molar-refractivity contribution is 8.15. The van der Waals surface area contributed by atoms with Crippen LogP contribution in [0.1, 0.15) is 17.5 Å². The number of carboxylic acid groups (broad SMARTS) is 1. The van der Waals surface area contributed by atoms with E-state index < -0.39 is 33.9 Å². The molecule has 134 valence electrons. The van der Waals surface area contributed by atoms with E-state index in [-0.39, 0.29) is 22.2 Å². The number of amidine groups is 1. The third kappa shape index (κ3) is 5.10. The van der Waals surface area contributed by atoms with Crippen LogP contribution in [0.15, 0.2) is 22.3 Å². The summed E-state index contributed by atoms with van der Waals surface area (Å²) in [5.41, 5.74) is -1.11. The lowest BCUT2D eigenvalue weighted by molar-refractivity contribution is -0.138. The maximum Gasteiger partial charge on any atom is 0.417 e. The number of alkyl halides is 3. The minimum absolute atomic E-state index is 0.00230. The molecule has 1 aliphatic rings. The molecule has 6 nitrogen and oxygen atoms in total. The highest BCUT2D eigenvalue weighted by Crippen LogP contribution is 2.38. The Hall–Kier alpha value is -1.78. The maximum absolute atomic E-state index is 12.9. The van der Waals surface area contributed by atoms with Crippen molar-refractivity contribution in [1.29, 1.82) is 0 Å². The van der Waals surface area contributed by atoms with Crippen LogP contribution in [0, 0.1) is 0 Å². The standard InChI is InChI=1S/C13H8Cl2F3N3O3S/c14-7-2-5(1-6(10(7)15)13(16,17)18)4-19-21-12-20-11(24)8(25-12)3-9(22)23/h1-2,4,8H,3H2,(H,22,23)(H,20,21,24). The summed E-state index contributed by atoms with van der Waals surface area (Å²) in [5, 5.41) is 16.5. The van der Waals surface area contributed by atoms with E-state index in [1.165, 1.54) is 6.07 Å². The zero-order valence-electron chi connectivity index (χ0n) is 12.0. The number of amides is 1. The lowest BCUT2D eigenvalue weighted by Gasteiger charge is -2.10. The van der Waals surface area contributed by atoms with E-state index in [0.29, 0.717) is 0 Å². The monoisotopic (exact) mass is 413 g/mol. The molecular weight excluding hydrogens is 406 g/mol. The number of carbonyl (C=O) groups is 2. The summed E-state index contributed by atoms with van der Waals surface area (Å²) in [5.74, 6) is -1.68. The molecule has 0 saturated carbocycles. The van der Waals surface area contributed by atoms with Crippen LogP contribution in [-0.2, 0) is 15.8 Å². The van der Waals surface area contributed by atoms with Crippen molar-refractivity contribution in [3.05, 3.63) is 33.3 Å². The fraction of sp³-hybridized carbons (Fsp3) is 0.231. The molecule has 0 spiro atoms. The minimum Gasteiger partial charge on any atom is -0.481 e. The van der Waals surface area contributed by atoms with Crippen molar-refractivity contribution in [3.8, 4) is 0 Å². The van der Waals surface area contributed by atoms with Crippen LogP contribution in [0.25, 0.3) is 0 Å². The smallest absolute Gasteiger partial charge is 0.417 e. The Bertz CT molecular complexity index is 784. The van der Waals surface area contributed by atoms with Crippen LogP contribution < -0.4 is 5.32 Å². The van der Waals surface area contributed by atoms with Gasteiger partial charge in [0, 0.05) is 0 Å². The molecule has 2 rings (SSSR count). The van der Waals surface area contributed by atoms with Crippen molar-refractivity contribution < 1.29 is 27.9 Å². The zero-order chi connectivity index (χ0) is 18.8. The average Bonchev–Trinajstić information content (AvgIpc) is 2.80. The van der Waals surface area contributed by atoms with Crippen LogP contribution in [0.5, 0.6) is 0 Å². The number of benzene rings is 1. The van der Waals surface area contributed by atoms with Crippen molar-refractivity contribution in [1.82, 2.24) is 5.32 Å². The van der Waals surface area contributed by atoms with E-state index in [1.807, 2.05) is 0 Å². The van der Waals surface area contributed by atoms with Gasteiger partial charge in [-0.25, -0.2) is 0 Å². The van der Waals surface area contributed by atoms with Crippen LogP contribution in [0.3, 0.4) is 0 Å². The van der Waals surface area contributed by atoms with Crippen LogP contribution in [0.2, 0.25) is 10.0 Å². The fourth-order valence-electron chi connectivity index (χ4n) is 1.78. The molecule has 0 aliphatic carbocycles. The number of hydrogen-bond donors (Lipinski definition) is 2. The van der Waals surface area contributed by atoms with E-state index in [2.05, 4.69) is 15.5 Å². The van der Waals surface area contributed by atoms with Crippen LogP contribution >= 0.6 is 35.0 Å². The zero-order valence-corrected chi connectivity index (χ0v) is 14.3. The highest BCUT2D eigenvalue weighted by atomic mass is 35.5. The van der Waals surface area contributed by atoms with Gasteiger partial charge >= 0.3 is 12.1 Å². The molecule has 25 heavy (non-hydrogen) atoms. The Labute approximate surface area is 153 Å². The predicted molar refractivity (Wildman–Crippen MR) is 88.3 cm³/mol. The van der Waals surface area contributed by atoms with Crippen LogP contribution in [0.4, 0.5) is 13.2 Å². The summed E-state index contributed by atoms with van der Waals surface area (Å²) in [6, 6.07) is 1.93. The van der Waals surface area contributed by atoms with Gasteiger partial charge in [-0.2, -0.15) is 18.3 Å². The number of nitrogens with one attached hydrogen (secondary N) is 1. The molecule has 0 aromatic heterocycles. The summed E-state index contributed by atoms with van der Waals surface area (Å²) in [4.78, 5) is 22.1. The molecular formula is C13H8Cl2F3N3O3S. The summed E-state index contributed by atoms with van der Waals surface area (Å²) in [6.07, 6.45) is -4.07. The molecule has 0 radical (unpaired) electrons. The first kappa shape index (κ1) is 19.5. The molecule has 1 saturated heterocycles. The SMILES string of the molecule is O=C(O)CC1SC(=NN=Cc2cc(Cl)c(Cl)c(C(F)(F)F)c2)NC1=O. The maximum atomic E-state index is 12.9. The molecule has 1 aromatic carbocycles. The van der Waals surface area contributed by atoms with E-state index >= 15 is 0 Å². The first-order chi connectivity index (χ1) is 11.6. The number of carboxylic acids is 1. The number of aliphatic carboxylic acids is 1. The lowest BCUT2D eigenvalue weighted by atomic mass is 10.1. The number of rotatable bonds is 4. The van der Waals surface area contributed by atoms with Crippen molar-refractivity contribution in [2.24, 2.45) is 10.2 Å². The molecule has 1 aliphatic heterocycles. The van der Waals surface area contributed by atoms with Gasteiger partial charge in [-0.15, -0.1) is 5.10 Å². The van der Waals surface area contributed by atoms with E-state index in [1.54, 1.807) is 0 Å². The second kappa shape index (κ2) is 7.63. The van der Waals surface area contributed by atoms with Gasteiger partial charge in [-0.1, -0.05) is 35.0 Å². The summed E-state index contributed by atoms with van der Waals surface area (Å²) in [7, 11) is 0. The Morgan fingerprint density at radius 1 is 1.40 bits per heavy atom. The molecule has 1 unspecified atom stereocenters. The molecule has 1 atom stereocenters. The van der Waals surface area contributed by atoms with Gasteiger partial charge in [-0.05, 0) is 17.7 Å². The Kier molecular flexibility index (Phi) is 5.96. The average molecular weight is 414 g/mol. The largest absolute Gasteiger partial charge is 0.481 e. The first-order valence-electron chi connectivity index (χ1n) is 6.44. The molecule has 1 heterocycles. The van der Waals surface area contributed by atoms with E-state index in [4.69, 9.17) is 28.3 Å². The van der Waals surface area contributed by atoms with Gasteiger partial charge in [0.2, 0.25) is 5.91 Å². The Morgan fingerprint density at radius 2 is 2.08 bits per heavy atom. The fourth-order valence-corrected chi connectivity index (χ4v) is 3.14. The Balaban J connectivity index is 2.17.